The average Bonchev–Trinajstić information content (AvgIpc) is 2.72. The highest BCUT2D eigenvalue weighted by atomic mass is 16.6. The second kappa shape index (κ2) is 13.8. The van der Waals surface area contributed by atoms with E-state index in [9.17, 15) is 24.6 Å². The zero-order chi connectivity index (χ0) is 25.9. The number of aliphatic hydroxyl groups excluding tert-OH is 1. The minimum atomic E-state index is -1.05. The predicted molar refractivity (Wildman–Crippen MR) is 130 cm³/mol. The molecule has 2 atom stereocenters. The molecule has 0 fully saturated rings. The molecule has 2 unspecified atom stereocenters. The van der Waals surface area contributed by atoms with Gasteiger partial charge in [-0.05, 0) is 57.2 Å². The number of hydrogen-bond acceptors (Lipinski definition) is 6. The van der Waals surface area contributed by atoms with E-state index in [2.05, 4.69) is 10.6 Å². The Balaban J connectivity index is 3.34. The van der Waals surface area contributed by atoms with E-state index in [4.69, 9.17) is 4.74 Å². The van der Waals surface area contributed by atoms with Gasteiger partial charge in [0.25, 0.3) is 0 Å². The first-order valence-corrected chi connectivity index (χ1v) is 11.9. The minimum Gasteiger partial charge on any atom is -0.508 e. The number of hydrogen-bond donors (Lipinski definition) is 4. The lowest BCUT2D eigenvalue weighted by Gasteiger charge is -2.34. The summed E-state index contributed by atoms with van der Waals surface area (Å²) in [4.78, 5) is 40.7. The summed E-state index contributed by atoms with van der Waals surface area (Å²) >= 11 is 0. The van der Waals surface area contributed by atoms with Gasteiger partial charge in [-0.1, -0.05) is 39.3 Å². The lowest BCUT2D eigenvalue weighted by atomic mass is 9.99. The largest absolute Gasteiger partial charge is 0.508 e. The molecule has 4 N–H and O–H groups in total. The van der Waals surface area contributed by atoms with E-state index in [1.54, 1.807) is 32.9 Å². The second-order valence-corrected chi connectivity index (χ2v) is 9.72. The van der Waals surface area contributed by atoms with Crippen molar-refractivity contribution in [1.29, 1.82) is 0 Å². The number of benzene rings is 1. The van der Waals surface area contributed by atoms with Crippen molar-refractivity contribution >= 4 is 17.9 Å². The van der Waals surface area contributed by atoms with Crippen molar-refractivity contribution in [2.24, 2.45) is 5.92 Å². The standard InChI is InChI=1S/C25H41N3O6/c1-7-8-13-26-22(31)21(18-9-11-19(30)12-10-18)28(14-15-29)23(32)20(16-17(2)3)27-24(33)34-25(4,5)6/h9-12,17,20-21,29-30H,7-8,13-16H2,1-6H3,(H,26,31)(H,27,33). The predicted octanol–water partition coefficient (Wildman–Crippen LogP) is 3.11. The Labute approximate surface area is 202 Å². The summed E-state index contributed by atoms with van der Waals surface area (Å²) in [5.41, 5.74) is -0.261. The van der Waals surface area contributed by atoms with Crippen molar-refractivity contribution in [3.63, 3.8) is 0 Å². The van der Waals surface area contributed by atoms with E-state index >= 15 is 0 Å². The van der Waals surface area contributed by atoms with Crippen molar-refractivity contribution in [3.05, 3.63) is 29.8 Å². The van der Waals surface area contributed by atoms with Crippen LogP contribution in [-0.4, -0.2) is 64.4 Å². The van der Waals surface area contributed by atoms with Crippen LogP contribution in [0.15, 0.2) is 24.3 Å². The maximum Gasteiger partial charge on any atom is 0.408 e. The molecule has 9 nitrogen and oxygen atoms in total. The molecule has 192 valence electrons. The first-order valence-electron chi connectivity index (χ1n) is 11.9. The number of phenolic OH excluding ortho intramolecular Hbond substituents is 1. The Hall–Kier alpha value is -2.81. The van der Waals surface area contributed by atoms with Gasteiger partial charge in [0.05, 0.1) is 6.61 Å². The van der Waals surface area contributed by atoms with Crippen LogP contribution in [0.4, 0.5) is 4.79 Å². The topological polar surface area (TPSA) is 128 Å². The lowest BCUT2D eigenvalue weighted by molar-refractivity contribution is -0.143. The van der Waals surface area contributed by atoms with Gasteiger partial charge < -0.3 is 30.5 Å². The van der Waals surface area contributed by atoms with Crippen LogP contribution < -0.4 is 10.6 Å². The van der Waals surface area contributed by atoms with E-state index in [0.717, 1.165) is 12.8 Å². The summed E-state index contributed by atoms with van der Waals surface area (Å²) < 4.78 is 5.33. The van der Waals surface area contributed by atoms with Crippen LogP contribution in [0, 0.1) is 5.92 Å². The Kier molecular flexibility index (Phi) is 11.9. The van der Waals surface area contributed by atoms with Crippen LogP contribution in [-0.2, 0) is 14.3 Å². The van der Waals surface area contributed by atoms with Crippen LogP contribution in [0.25, 0.3) is 0 Å². The number of unbranched alkanes of at least 4 members (excludes halogenated alkanes) is 1. The highest BCUT2D eigenvalue weighted by molar-refractivity contribution is 5.92. The summed E-state index contributed by atoms with van der Waals surface area (Å²) in [7, 11) is 0. The fourth-order valence-electron chi connectivity index (χ4n) is 3.43. The molecule has 9 heteroatoms. The molecule has 3 amide bonds. The van der Waals surface area contributed by atoms with E-state index in [0.29, 0.717) is 18.5 Å². The molecular weight excluding hydrogens is 438 g/mol. The first-order chi connectivity index (χ1) is 15.9. The van der Waals surface area contributed by atoms with Gasteiger partial charge in [0, 0.05) is 13.1 Å². The number of carbonyl (C=O) groups is 3. The van der Waals surface area contributed by atoms with Crippen molar-refractivity contribution in [1.82, 2.24) is 15.5 Å². The van der Waals surface area contributed by atoms with E-state index in [1.807, 2.05) is 20.8 Å². The number of alkyl carbamates (subject to hydrolysis) is 1. The number of aromatic hydroxyl groups is 1. The van der Waals surface area contributed by atoms with Crippen LogP contribution in [0.3, 0.4) is 0 Å². The van der Waals surface area contributed by atoms with E-state index in [1.165, 1.54) is 17.0 Å². The van der Waals surface area contributed by atoms with Crippen molar-refractivity contribution < 1.29 is 29.3 Å². The number of nitrogens with zero attached hydrogens (tertiary/aromatic N) is 1. The number of carbonyl (C=O) groups excluding carboxylic acids is 3. The number of amides is 3. The normalized spacial score (nSPS) is 13.2. The Bertz CT molecular complexity index is 789. The van der Waals surface area contributed by atoms with Crippen molar-refractivity contribution in [2.75, 3.05) is 19.7 Å². The van der Waals surface area contributed by atoms with Gasteiger partial charge in [0.2, 0.25) is 11.8 Å². The number of phenols is 1. The summed E-state index contributed by atoms with van der Waals surface area (Å²) in [5.74, 6) is -0.817. The average molecular weight is 480 g/mol. The monoisotopic (exact) mass is 479 g/mol. The third kappa shape index (κ3) is 9.99. The highest BCUT2D eigenvalue weighted by Crippen LogP contribution is 2.25. The lowest BCUT2D eigenvalue weighted by Crippen LogP contribution is -2.54. The molecule has 0 spiro atoms. The summed E-state index contributed by atoms with van der Waals surface area (Å²) in [6.07, 6.45) is 1.25. The van der Waals surface area contributed by atoms with Gasteiger partial charge in [0.15, 0.2) is 0 Å². The fourth-order valence-corrected chi connectivity index (χ4v) is 3.43. The zero-order valence-electron chi connectivity index (χ0n) is 21.3. The van der Waals surface area contributed by atoms with Gasteiger partial charge in [-0.15, -0.1) is 0 Å². The number of aliphatic hydroxyl groups is 1. The van der Waals surface area contributed by atoms with Crippen molar-refractivity contribution in [2.45, 2.75) is 78.5 Å². The molecular formula is C25H41N3O6. The van der Waals surface area contributed by atoms with Crippen LogP contribution in [0.2, 0.25) is 0 Å². The third-order valence-electron chi connectivity index (χ3n) is 4.92. The zero-order valence-corrected chi connectivity index (χ0v) is 21.3. The first kappa shape index (κ1) is 29.2. The van der Waals surface area contributed by atoms with Gasteiger partial charge in [-0.25, -0.2) is 4.79 Å². The Morgan fingerprint density at radius 1 is 1.12 bits per heavy atom. The van der Waals surface area contributed by atoms with Gasteiger partial charge >= 0.3 is 6.09 Å². The van der Waals surface area contributed by atoms with Crippen LogP contribution >= 0.6 is 0 Å². The Morgan fingerprint density at radius 3 is 2.24 bits per heavy atom. The van der Waals surface area contributed by atoms with E-state index < -0.39 is 35.6 Å². The second-order valence-electron chi connectivity index (χ2n) is 9.72. The molecule has 0 saturated carbocycles. The Morgan fingerprint density at radius 2 is 1.74 bits per heavy atom. The molecule has 1 aromatic carbocycles. The number of ether oxygens (including phenoxy) is 1. The molecule has 0 aliphatic rings. The SMILES string of the molecule is CCCCNC(=O)C(c1ccc(O)cc1)N(CCO)C(=O)C(CC(C)C)NC(=O)OC(C)(C)C. The molecule has 0 aliphatic carbocycles. The molecule has 1 rings (SSSR count). The maximum absolute atomic E-state index is 13.7. The van der Waals surface area contributed by atoms with Gasteiger partial charge in [-0.2, -0.15) is 0 Å². The molecule has 0 bridgehead atoms. The maximum atomic E-state index is 13.7. The number of nitrogens with one attached hydrogen (secondary N) is 2. The fraction of sp³-hybridized carbons (Fsp3) is 0.640. The van der Waals surface area contributed by atoms with Crippen LogP contribution in [0.5, 0.6) is 5.75 Å². The summed E-state index contributed by atoms with van der Waals surface area (Å²) in [6, 6.07) is 4.00. The molecule has 0 radical (unpaired) electrons. The number of rotatable bonds is 12. The molecule has 34 heavy (non-hydrogen) atoms. The molecule has 1 aromatic rings. The highest BCUT2D eigenvalue weighted by Gasteiger charge is 2.36. The van der Waals surface area contributed by atoms with E-state index in [-0.39, 0.29) is 24.8 Å². The van der Waals surface area contributed by atoms with Gasteiger partial charge in [-0.3, -0.25) is 9.59 Å². The van der Waals surface area contributed by atoms with Crippen molar-refractivity contribution in [3.8, 4) is 5.75 Å². The molecule has 0 aliphatic heterocycles. The third-order valence-corrected chi connectivity index (χ3v) is 4.92. The smallest absolute Gasteiger partial charge is 0.408 e. The minimum absolute atomic E-state index is 0.0261. The summed E-state index contributed by atoms with van der Waals surface area (Å²) in [5, 5.41) is 24.9. The quantitative estimate of drug-likeness (QED) is 0.341. The van der Waals surface area contributed by atoms with Crippen LogP contribution in [0.1, 0.15) is 72.4 Å². The van der Waals surface area contributed by atoms with Gasteiger partial charge in [0.1, 0.15) is 23.4 Å². The molecule has 0 saturated heterocycles. The summed E-state index contributed by atoms with van der Waals surface area (Å²) in [6.45, 7) is 11.0. The molecule has 0 heterocycles. The molecule has 0 aromatic heterocycles.